The van der Waals surface area contributed by atoms with Gasteiger partial charge < -0.3 is 29.4 Å². The van der Waals surface area contributed by atoms with Gasteiger partial charge in [0.15, 0.2) is 0 Å². The number of ether oxygens (including phenoxy) is 1. The molecule has 0 amide bonds. The van der Waals surface area contributed by atoms with Gasteiger partial charge in [0.25, 0.3) is 0 Å². The van der Waals surface area contributed by atoms with E-state index in [0.717, 1.165) is 7.11 Å². The van der Waals surface area contributed by atoms with Crippen molar-refractivity contribution in [1.29, 1.82) is 0 Å². The van der Waals surface area contributed by atoms with Crippen molar-refractivity contribution in [2.24, 2.45) is 0 Å². The summed E-state index contributed by atoms with van der Waals surface area (Å²) in [7, 11) is -15.2. The van der Waals surface area contributed by atoms with Crippen molar-refractivity contribution in [2.45, 2.75) is 12.2 Å². The fraction of sp³-hybridized carbons (Fsp3) is 0.667. The third-order valence-electron chi connectivity index (χ3n) is 1.64. The van der Waals surface area contributed by atoms with Crippen LogP contribution in [0.4, 0.5) is 0 Å². The molecule has 0 radical (unpaired) electrons. The molecule has 0 rings (SSSR count). The van der Waals surface area contributed by atoms with E-state index in [2.05, 4.69) is 17.9 Å². The predicted molar refractivity (Wildman–Crippen MR) is 65.5 cm³/mol. The van der Waals surface area contributed by atoms with E-state index in [1.165, 1.54) is 0 Å². The minimum Gasteiger partial charge on any atom is -0.378 e. The fourth-order valence-corrected chi connectivity index (χ4v) is 3.90. The fourth-order valence-electron chi connectivity index (χ4n) is 0.866. The van der Waals surface area contributed by atoms with Crippen LogP contribution in [0.2, 0.25) is 0 Å². The first-order valence-electron chi connectivity index (χ1n) is 4.77. The third kappa shape index (κ3) is 9.50. The molecule has 0 bridgehead atoms. The van der Waals surface area contributed by atoms with E-state index in [4.69, 9.17) is 26.0 Å². The van der Waals surface area contributed by atoms with Crippen LogP contribution in [0.25, 0.3) is 0 Å². The Morgan fingerprint density at radius 2 is 1.62 bits per heavy atom. The summed E-state index contributed by atoms with van der Waals surface area (Å²) in [6, 6.07) is 0. The van der Waals surface area contributed by atoms with E-state index < -0.39 is 42.3 Å². The number of hydrogen-bond donors (Lipinski definition) is 5. The third-order valence-corrected chi connectivity index (χ3v) is 5.45. The number of aliphatic hydroxyl groups is 1. The predicted octanol–water partition coefficient (Wildman–Crippen LogP) is -0.661. The molecule has 0 aliphatic rings. The Hall–Kier alpha value is -0.110. The first kappa shape index (κ1) is 20.9. The van der Waals surface area contributed by atoms with Gasteiger partial charge in [-0.25, -0.2) is 13.7 Å². The maximum Gasteiger partial charge on any atom is 0.490 e. The standard InChI is InChI=1S/C6H13O12P3/c1-3-5(7)6(15-2)4-16-20(11,12)18-21(13,14)17-19(8,9)10/h1,5-7H,4H2,2H3,(H,11,12)(H,13,14)(H2,8,9,10)/t5-,6+/m0/s1. The highest BCUT2D eigenvalue weighted by atomic mass is 31.3. The smallest absolute Gasteiger partial charge is 0.378 e. The van der Waals surface area contributed by atoms with Crippen molar-refractivity contribution in [3.05, 3.63) is 0 Å². The van der Waals surface area contributed by atoms with Crippen molar-refractivity contribution >= 4 is 23.5 Å². The Balaban J connectivity index is 4.71. The summed E-state index contributed by atoms with van der Waals surface area (Å²) in [5.74, 6) is 1.84. The molecule has 0 spiro atoms. The number of phosphoric acid groups is 3. The molecule has 4 atom stereocenters. The maximum atomic E-state index is 11.3. The molecular weight excluding hydrogens is 357 g/mol. The number of aliphatic hydroxyl groups excluding tert-OH is 1. The van der Waals surface area contributed by atoms with E-state index >= 15 is 0 Å². The Morgan fingerprint density at radius 3 is 2.00 bits per heavy atom. The Morgan fingerprint density at radius 1 is 1.10 bits per heavy atom. The number of rotatable bonds is 9. The number of phosphoric ester groups is 1. The lowest BCUT2D eigenvalue weighted by Crippen LogP contribution is -2.31. The highest BCUT2D eigenvalue weighted by Gasteiger charge is 2.41. The molecule has 0 aromatic rings. The molecule has 21 heavy (non-hydrogen) atoms. The zero-order valence-electron chi connectivity index (χ0n) is 10.4. The zero-order chi connectivity index (χ0) is 16.9. The molecule has 5 N–H and O–H groups in total. The molecule has 2 unspecified atom stereocenters. The zero-order valence-corrected chi connectivity index (χ0v) is 13.1. The van der Waals surface area contributed by atoms with Crippen LogP contribution in [-0.2, 0) is 31.6 Å². The lowest BCUT2D eigenvalue weighted by molar-refractivity contribution is -0.0168. The molecule has 0 heterocycles. The first-order chi connectivity index (χ1) is 9.32. The minimum atomic E-state index is -5.58. The van der Waals surface area contributed by atoms with Gasteiger partial charge in [0.2, 0.25) is 0 Å². The van der Waals surface area contributed by atoms with Gasteiger partial charge in [-0.15, -0.1) is 6.42 Å². The lowest BCUT2D eigenvalue weighted by Gasteiger charge is -2.20. The quantitative estimate of drug-likeness (QED) is 0.255. The highest BCUT2D eigenvalue weighted by molar-refractivity contribution is 7.66. The van der Waals surface area contributed by atoms with Gasteiger partial charge in [-0.05, 0) is 0 Å². The monoisotopic (exact) mass is 370 g/mol. The Bertz CT molecular complexity index is 518. The van der Waals surface area contributed by atoms with Crippen molar-refractivity contribution < 1.29 is 56.3 Å². The van der Waals surface area contributed by atoms with Crippen LogP contribution < -0.4 is 0 Å². The van der Waals surface area contributed by atoms with E-state index in [0.29, 0.717) is 0 Å². The van der Waals surface area contributed by atoms with Gasteiger partial charge in [-0.3, -0.25) is 4.52 Å². The molecule has 0 aromatic heterocycles. The number of hydrogen-bond acceptors (Lipinski definition) is 8. The second-order valence-electron chi connectivity index (χ2n) is 3.27. The van der Waals surface area contributed by atoms with Crippen molar-refractivity contribution in [3.8, 4) is 12.3 Å². The summed E-state index contributed by atoms with van der Waals surface area (Å²) in [4.78, 5) is 34.6. The molecule has 0 aliphatic carbocycles. The normalized spacial score (nSPS) is 20.8. The minimum absolute atomic E-state index is 0.828. The second-order valence-corrected chi connectivity index (χ2v) is 7.69. The van der Waals surface area contributed by atoms with Gasteiger partial charge in [0, 0.05) is 7.11 Å². The van der Waals surface area contributed by atoms with E-state index in [-0.39, 0.29) is 0 Å². The van der Waals surface area contributed by atoms with E-state index in [1.54, 1.807) is 0 Å². The van der Waals surface area contributed by atoms with Crippen LogP contribution in [0, 0.1) is 12.3 Å². The van der Waals surface area contributed by atoms with Gasteiger partial charge in [0.1, 0.15) is 12.2 Å². The SMILES string of the molecule is C#C[C@H](O)[C@@H](COP(=O)(O)OP(=O)(O)OP(=O)(O)O)OC. The lowest BCUT2D eigenvalue weighted by atomic mass is 10.2. The van der Waals surface area contributed by atoms with Crippen LogP contribution in [0.3, 0.4) is 0 Å². The van der Waals surface area contributed by atoms with Crippen LogP contribution in [0.1, 0.15) is 0 Å². The average molecular weight is 370 g/mol. The second kappa shape index (κ2) is 7.94. The van der Waals surface area contributed by atoms with Crippen molar-refractivity contribution in [3.63, 3.8) is 0 Å². The van der Waals surface area contributed by atoms with Crippen molar-refractivity contribution in [2.75, 3.05) is 13.7 Å². The van der Waals surface area contributed by atoms with Crippen LogP contribution in [-0.4, -0.2) is 50.6 Å². The summed E-state index contributed by atoms with van der Waals surface area (Å²) >= 11 is 0. The van der Waals surface area contributed by atoms with Gasteiger partial charge >= 0.3 is 23.5 Å². The molecular formula is C6H13O12P3. The van der Waals surface area contributed by atoms with Crippen LogP contribution in [0.5, 0.6) is 0 Å². The Kier molecular flexibility index (Phi) is 7.90. The number of terminal acetylenes is 1. The molecule has 124 valence electrons. The largest absolute Gasteiger partial charge is 0.490 e. The Labute approximate surface area is 119 Å². The average Bonchev–Trinajstić information content (AvgIpc) is 2.23. The maximum absolute atomic E-state index is 11.3. The molecule has 12 nitrogen and oxygen atoms in total. The molecule has 15 heteroatoms. The summed E-state index contributed by atoms with van der Waals surface area (Å²) < 4.78 is 48.4. The van der Waals surface area contributed by atoms with Gasteiger partial charge in [0.05, 0.1) is 6.61 Å². The summed E-state index contributed by atoms with van der Waals surface area (Å²) in [6.45, 7) is -0.828. The van der Waals surface area contributed by atoms with Crippen LogP contribution in [0.15, 0.2) is 0 Å². The van der Waals surface area contributed by atoms with Crippen molar-refractivity contribution in [1.82, 2.24) is 0 Å². The summed E-state index contributed by atoms with van der Waals surface area (Å²) in [6.07, 6.45) is 2.09. The van der Waals surface area contributed by atoms with Gasteiger partial charge in [-0.1, -0.05) is 5.92 Å². The molecule has 0 saturated heterocycles. The highest BCUT2D eigenvalue weighted by Crippen LogP contribution is 2.66. The topological polar surface area (TPSA) is 189 Å². The van der Waals surface area contributed by atoms with E-state index in [1.807, 2.05) is 5.92 Å². The molecule has 0 fully saturated rings. The molecule has 0 aromatic carbocycles. The van der Waals surface area contributed by atoms with Gasteiger partial charge in [-0.2, -0.15) is 8.62 Å². The summed E-state index contributed by atoms with van der Waals surface area (Å²) in [5.41, 5.74) is 0. The first-order valence-corrected chi connectivity index (χ1v) is 9.29. The van der Waals surface area contributed by atoms with Crippen LogP contribution >= 0.6 is 23.5 Å². The summed E-state index contributed by atoms with van der Waals surface area (Å²) in [5, 5.41) is 9.21. The number of methoxy groups -OCH3 is 1. The molecule has 0 aliphatic heterocycles. The van der Waals surface area contributed by atoms with E-state index in [9.17, 15) is 18.8 Å². The molecule has 0 saturated carbocycles.